The van der Waals surface area contributed by atoms with Crippen LogP contribution in [-0.4, -0.2) is 40.7 Å². The molecule has 0 aromatic carbocycles. The first-order valence-electron chi connectivity index (χ1n) is 6.53. The maximum atomic E-state index is 12.2. The lowest BCUT2D eigenvalue weighted by molar-refractivity contribution is 0.0934. The lowest BCUT2D eigenvalue weighted by Gasteiger charge is -2.13. The average Bonchev–Trinajstić information content (AvgIpc) is 2.46. The zero-order valence-corrected chi connectivity index (χ0v) is 12.7. The van der Waals surface area contributed by atoms with E-state index in [0.717, 1.165) is 12.2 Å². The lowest BCUT2D eigenvalue weighted by Crippen LogP contribution is -2.34. The van der Waals surface area contributed by atoms with Gasteiger partial charge in [-0.1, -0.05) is 11.8 Å². The Labute approximate surface area is 124 Å². The summed E-state index contributed by atoms with van der Waals surface area (Å²) in [7, 11) is 0. The Morgan fingerprint density at radius 2 is 2.40 bits per heavy atom. The van der Waals surface area contributed by atoms with Gasteiger partial charge in [-0.25, -0.2) is 4.98 Å². The third-order valence-corrected chi connectivity index (χ3v) is 3.26. The second-order valence-electron chi connectivity index (χ2n) is 4.33. The number of aliphatic hydroxyl groups excluding tert-OH is 1. The summed E-state index contributed by atoms with van der Waals surface area (Å²) in [4.78, 5) is 16.3. The number of amides is 1. The van der Waals surface area contributed by atoms with E-state index in [4.69, 9.17) is 5.11 Å². The number of aliphatic hydroxyl groups is 1. The standard InChI is InChI=1S/C15H20N2O2S/c1-12(8-11-20-2)17-15(19)14-13(6-3-4-10-18)7-5-9-16-14/h5,7,9,12,18H,4,8,10-11H2,1-2H3,(H,17,19). The topological polar surface area (TPSA) is 62.2 Å². The molecule has 108 valence electrons. The Balaban J connectivity index is 2.75. The number of nitrogens with zero attached hydrogens (tertiary/aromatic N) is 1. The van der Waals surface area contributed by atoms with Gasteiger partial charge in [0.2, 0.25) is 0 Å². The number of aromatic nitrogens is 1. The summed E-state index contributed by atoms with van der Waals surface area (Å²) in [5, 5.41) is 11.7. The van der Waals surface area contributed by atoms with Crippen molar-refractivity contribution in [3.8, 4) is 11.8 Å². The second kappa shape index (κ2) is 9.40. The summed E-state index contributed by atoms with van der Waals surface area (Å²) in [6, 6.07) is 3.62. The first-order valence-corrected chi connectivity index (χ1v) is 7.93. The number of hydrogen-bond donors (Lipinski definition) is 2. The van der Waals surface area contributed by atoms with Gasteiger partial charge in [-0.3, -0.25) is 4.79 Å². The fourth-order valence-corrected chi connectivity index (χ4v) is 2.15. The van der Waals surface area contributed by atoms with Crippen molar-refractivity contribution in [1.29, 1.82) is 0 Å². The van der Waals surface area contributed by atoms with Gasteiger partial charge < -0.3 is 10.4 Å². The molecule has 0 saturated heterocycles. The van der Waals surface area contributed by atoms with Crippen LogP contribution < -0.4 is 5.32 Å². The normalized spacial score (nSPS) is 11.3. The molecule has 0 fully saturated rings. The minimum atomic E-state index is -0.201. The van der Waals surface area contributed by atoms with Gasteiger partial charge in [0.25, 0.3) is 5.91 Å². The van der Waals surface area contributed by atoms with Gasteiger partial charge in [0, 0.05) is 18.7 Å². The Bertz CT molecular complexity index is 494. The van der Waals surface area contributed by atoms with Crippen LogP contribution in [0.1, 0.15) is 35.8 Å². The number of thioether (sulfide) groups is 1. The zero-order valence-electron chi connectivity index (χ0n) is 11.8. The molecule has 4 nitrogen and oxygen atoms in total. The molecule has 2 N–H and O–H groups in total. The fraction of sp³-hybridized carbons (Fsp3) is 0.467. The highest BCUT2D eigenvalue weighted by Gasteiger charge is 2.13. The highest BCUT2D eigenvalue weighted by atomic mass is 32.2. The summed E-state index contributed by atoms with van der Waals surface area (Å²) in [6.07, 6.45) is 4.94. The molecule has 5 heteroatoms. The van der Waals surface area contributed by atoms with Crippen LogP contribution in [0.15, 0.2) is 18.3 Å². The monoisotopic (exact) mass is 292 g/mol. The summed E-state index contributed by atoms with van der Waals surface area (Å²) < 4.78 is 0. The van der Waals surface area contributed by atoms with Crippen LogP contribution in [0.3, 0.4) is 0 Å². The number of hydrogen-bond acceptors (Lipinski definition) is 4. The van der Waals surface area contributed by atoms with Crippen LogP contribution in [0, 0.1) is 11.8 Å². The Morgan fingerprint density at radius 3 is 3.10 bits per heavy atom. The summed E-state index contributed by atoms with van der Waals surface area (Å²) >= 11 is 1.76. The van der Waals surface area contributed by atoms with Gasteiger partial charge in [-0.15, -0.1) is 0 Å². The molecule has 1 aromatic heterocycles. The smallest absolute Gasteiger partial charge is 0.271 e. The van der Waals surface area contributed by atoms with E-state index in [1.165, 1.54) is 0 Å². The van der Waals surface area contributed by atoms with Crippen molar-refractivity contribution in [2.45, 2.75) is 25.8 Å². The number of nitrogens with one attached hydrogen (secondary N) is 1. The Hall–Kier alpha value is -1.51. The van der Waals surface area contributed by atoms with E-state index in [0.29, 0.717) is 17.7 Å². The van der Waals surface area contributed by atoms with E-state index in [-0.39, 0.29) is 18.6 Å². The predicted octanol–water partition coefficient (Wildman–Crippen LogP) is 1.69. The van der Waals surface area contributed by atoms with Gasteiger partial charge in [0.15, 0.2) is 0 Å². The molecule has 1 heterocycles. The van der Waals surface area contributed by atoms with Crippen LogP contribution in [0.25, 0.3) is 0 Å². The van der Waals surface area contributed by atoms with Crippen molar-refractivity contribution >= 4 is 17.7 Å². The predicted molar refractivity (Wildman–Crippen MR) is 82.7 cm³/mol. The van der Waals surface area contributed by atoms with Crippen molar-refractivity contribution < 1.29 is 9.90 Å². The highest BCUT2D eigenvalue weighted by Crippen LogP contribution is 2.06. The third-order valence-electron chi connectivity index (χ3n) is 2.62. The van der Waals surface area contributed by atoms with Crippen LogP contribution >= 0.6 is 11.8 Å². The summed E-state index contributed by atoms with van der Waals surface area (Å²) in [6.45, 7) is 1.99. The molecule has 20 heavy (non-hydrogen) atoms. The molecule has 1 atom stereocenters. The van der Waals surface area contributed by atoms with Gasteiger partial charge >= 0.3 is 0 Å². The highest BCUT2D eigenvalue weighted by molar-refractivity contribution is 7.98. The van der Waals surface area contributed by atoms with Gasteiger partial charge in [-0.2, -0.15) is 11.8 Å². The molecule has 1 amide bonds. The molecule has 1 rings (SSSR count). The molecule has 1 unspecified atom stereocenters. The number of pyridine rings is 1. The lowest BCUT2D eigenvalue weighted by atomic mass is 10.1. The van der Waals surface area contributed by atoms with Gasteiger partial charge in [-0.05, 0) is 37.5 Å². The van der Waals surface area contributed by atoms with Crippen LogP contribution in [-0.2, 0) is 0 Å². The SMILES string of the molecule is CSCCC(C)NC(=O)c1ncccc1C#CCCO. The van der Waals surface area contributed by atoms with Crippen LogP contribution in [0.4, 0.5) is 0 Å². The van der Waals surface area contributed by atoms with E-state index in [1.54, 1.807) is 30.1 Å². The minimum Gasteiger partial charge on any atom is -0.395 e. The zero-order chi connectivity index (χ0) is 14.8. The Kier molecular flexibility index (Phi) is 7.78. The molecule has 0 aliphatic rings. The van der Waals surface area contributed by atoms with E-state index < -0.39 is 0 Å². The van der Waals surface area contributed by atoms with Gasteiger partial charge in [0.1, 0.15) is 5.69 Å². The maximum Gasteiger partial charge on any atom is 0.271 e. The van der Waals surface area contributed by atoms with Crippen molar-refractivity contribution in [3.63, 3.8) is 0 Å². The molecule has 0 aliphatic carbocycles. The van der Waals surface area contributed by atoms with Crippen molar-refractivity contribution in [2.24, 2.45) is 0 Å². The molecular weight excluding hydrogens is 272 g/mol. The Morgan fingerprint density at radius 1 is 1.60 bits per heavy atom. The largest absolute Gasteiger partial charge is 0.395 e. The molecule has 0 radical (unpaired) electrons. The molecule has 0 saturated carbocycles. The molecule has 0 aliphatic heterocycles. The number of carbonyl (C=O) groups is 1. The number of rotatable bonds is 6. The summed E-state index contributed by atoms with van der Waals surface area (Å²) in [5.74, 6) is 6.49. The van der Waals surface area contributed by atoms with E-state index in [2.05, 4.69) is 22.1 Å². The van der Waals surface area contributed by atoms with E-state index in [9.17, 15) is 4.79 Å². The first-order chi connectivity index (χ1) is 9.69. The van der Waals surface area contributed by atoms with Crippen molar-refractivity contribution in [1.82, 2.24) is 10.3 Å². The van der Waals surface area contributed by atoms with Crippen molar-refractivity contribution in [2.75, 3.05) is 18.6 Å². The van der Waals surface area contributed by atoms with E-state index in [1.807, 2.05) is 13.2 Å². The van der Waals surface area contributed by atoms with E-state index >= 15 is 0 Å². The fourth-order valence-electron chi connectivity index (χ4n) is 1.56. The quantitative estimate of drug-likeness (QED) is 0.783. The van der Waals surface area contributed by atoms with Crippen molar-refractivity contribution in [3.05, 3.63) is 29.6 Å². The van der Waals surface area contributed by atoms with Crippen LogP contribution in [0.5, 0.6) is 0 Å². The van der Waals surface area contributed by atoms with Crippen LogP contribution in [0.2, 0.25) is 0 Å². The molecular formula is C15H20N2O2S. The average molecular weight is 292 g/mol. The van der Waals surface area contributed by atoms with Gasteiger partial charge in [0.05, 0.1) is 12.2 Å². The molecule has 0 spiro atoms. The minimum absolute atomic E-state index is 0.0144. The summed E-state index contributed by atoms with van der Waals surface area (Å²) in [5.41, 5.74) is 0.935. The molecule has 0 bridgehead atoms. The third kappa shape index (κ3) is 5.64. The molecule has 1 aromatic rings. The number of carbonyl (C=O) groups excluding carboxylic acids is 1. The first kappa shape index (κ1) is 16.5. The second-order valence-corrected chi connectivity index (χ2v) is 5.32. The maximum absolute atomic E-state index is 12.2.